The minimum atomic E-state index is -1.30. The molecule has 1 aliphatic rings. The van der Waals surface area contributed by atoms with Crippen LogP contribution >= 0.6 is 0 Å². The molecular formula is C27H35FN4O5. The highest BCUT2D eigenvalue weighted by molar-refractivity contribution is 6.02. The Morgan fingerprint density at radius 3 is 2.54 bits per heavy atom. The molecule has 2 aromatic heterocycles. The highest BCUT2D eigenvalue weighted by Gasteiger charge is 2.38. The summed E-state index contributed by atoms with van der Waals surface area (Å²) in [6.07, 6.45) is 5.98. The number of carbonyl (C=O) groups is 2. The van der Waals surface area contributed by atoms with Crippen LogP contribution in [0.4, 0.5) is 4.39 Å². The second-order valence-corrected chi connectivity index (χ2v) is 9.34. The number of aromatic hydroxyl groups is 1. The van der Waals surface area contributed by atoms with Crippen molar-refractivity contribution >= 4 is 22.8 Å². The Hall–Kier alpha value is -3.69. The molecule has 9 nitrogen and oxygen atoms in total. The van der Waals surface area contributed by atoms with Crippen LogP contribution in [0.3, 0.4) is 0 Å². The lowest BCUT2D eigenvalue weighted by Gasteiger charge is -2.34. The molecule has 3 atom stereocenters. The minimum Gasteiger partial charge on any atom is -0.505 e. The molecule has 2 aromatic rings. The maximum atomic E-state index is 14.0. The van der Waals surface area contributed by atoms with Gasteiger partial charge in [0.05, 0.1) is 0 Å². The van der Waals surface area contributed by atoms with Crippen molar-refractivity contribution in [2.75, 3.05) is 20.1 Å². The maximum absolute atomic E-state index is 14.0. The summed E-state index contributed by atoms with van der Waals surface area (Å²) in [6.45, 7) is 10.0. The number of ether oxygens (including phenoxy) is 1. The van der Waals surface area contributed by atoms with Crippen molar-refractivity contribution in [2.24, 2.45) is 5.92 Å². The number of likely N-dealkylation sites (N-methyl/N-ethyl adjacent to an activating group) is 1. The van der Waals surface area contributed by atoms with Gasteiger partial charge in [-0.3, -0.25) is 19.4 Å². The van der Waals surface area contributed by atoms with E-state index in [2.05, 4.69) is 15.3 Å². The van der Waals surface area contributed by atoms with Gasteiger partial charge in [0.25, 0.3) is 17.4 Å². The third-order valence-corrected chi connectivity index (χ3v) is 6.86. The van der Waals surface area contributed by atoms with Crippen LogP contribution in [0.2, 0.25) is 0 Å². The molecular weight excluding hydrogens is 479 g/mol. The van der Waals surface area contributed by atoms with E-state index in [-0.39, 0.29) is 35.0 Å². The van der Waals surface area contributed by atoms with E-state index in [1.807, 2.05) is 26.8 Å². The van der Waals surface area contributed by atoms with Crippen molar-refractivity contribution in [3.05, 3.63) is 51.5 Å². The summed E-state index contributed by atoms with van der Waals surface area (Å²) in [7, 11) is 1.34. The second kappa shape index (κ2) is 11.1. The molecule has 0 radical (unpaired) electrons. The average Bonchev–Trinajstić information content (AvgIpc) is 2.88. The second-order valence-electron chi connectivity index (χ2n) is 9.34. The minimum absolute atomic E-state index is 0.0453. The summed E-state index contributed by atoms with van der Waals surface area (Å²) in [6, 6.07) is 0. The van der Waals surface area contributed by atoms with Crippen LogP contribution in [0.1, 0.15) is 57.0 Å². The van der Waals surface area contributed by atoms with E-state index < -0.39 is 34.6 Å². The van der Waals surface area contributed by atoms with E-state index >= 15 is 0 Å². The number of H-pyrrole nitrogens is 1. The molecule has 0 saturated heterocycles. The predicted octanol–water partition coefficient (Wildman–Crippen LogP) is 3.42. The fraction of sp³-hybridized carbons (Fsp3) is 0.481. The van der Waals surface area contributed by atoms with E-state index in [0.29, 0.717) is 25.1 Å². The number of amides is 2. The van der Waals surface area contributed by atoms with Crippen molar-refractivity contribution in [3.63, 3.8) is 0 Å². The van der Waals surface area contributed by atoms with Crippen LogP contribution in [0.5, 0.6) is 11.5 Å². The van der Waals surface area contributed by atoms with Crippen LogP contribution < -0.4 is 15.6 Å². The first-order valence-corrected chi connectivity index (χ1v) is 12.5. The zero-order chi connectivity index (χ0) is 27.5. The Bertz CT molecular complexity index is 1310. The number of alkyl halides is 1. The summed E-state index contributed by atoms with van der Waals surface area (Å²) in [5.41, 5.74) is -1.23. The van der Waals surface area contributed by atoms with Crippen molar-refractivity contribution < 1.29 is 23.8 Å². The van der Waals surface area contributed by atoms with Gasteiger partial charge in [-0.1, -0.05) is 26.0 Å². The molecule has 37 heavy (non-hydrogen) atoms. The number of rotatable bonds is 9. The number of nitrogens with one attached hydrogen (secondary N) is 2. The van der Waals surface area contributed by atoms with E-state index in [4.69, 9.17) is 4.74 Å². The summed E-state index contributed by atoms with van der Waals surface area (Å²) >= 11 is 0. The van der Waals surface area contributed by atoms with Gasteiger partial charge in [-0.2, -0.15) is 0 Å². The fourth-order valence-electron chi connectivity index (χ4n) is 4.36. The van der Waals surface area contributed by atoms with Gasteiger partial charge in [-0.05, 0) is 38.8 Å². The summed E-state index contributed by atoms with van der Waals surface area (Å²) in [5.74, 6) is -1.74. The Kier molecular flexibility index (Phi) is 8.40. The first-order chi connectivity index (χ1) is 17.5. The molecule has 0 bridgehead atoms. The van der Waals surface area contributed by atoms with Crippen LogP contribution in [0.25, 0.3) is 11.0 Å². The molecule has 3 N–H and O–H groups in total. The molecule has 3 unspecified atom stereocenters. The monoisotopic (exact) mass is 514 g/mol. The van der Waals surface area contributed by atoms with Crippen molar-refractivity contribution in [2.45, 2.75) is 59.2 Å². The molecule has 0 saturated carbocycles. The van der Waals surface area contributed by atoms with Crippen molar-refractivity contribution in [3.8, 4) is 11.5 Å². The summed E-state index contributed by atoms with van der Waals surface area (Å²) < 4.78 is 20.4. The van der Waals surface area contributed by atoms with E-state index in [1.54, 1.807) is 24.8 Å². The number of halogens is 1. The Morgan fingerprint density at radius 2 is 1.97 bits per heavy atom. The van der Waals surface area contributed by atoms with E-state index in [0.717, 1.165) is 5.57 Å². The van der Waals surface area contributed by atoms with Gasteiger partial charge in [0, 0.05) is 44.2 Å². The molecule has 0 aliphatic heterocycles. The lowest BCUT2D eigenvalue weighted by atomic mass is 9.92. The highest BCUT2D eigenvalue weighted by atomic mass is 19.1. The zero-order valence-corrected chi connectivity index (χ0v) is 22.1. The Morgan fingerprint density at radius 1 is 1.30 bits per heavy atom. The summed E-state index contributed by atoms with van der Waals surface area (Å²) in [4.78, 5) is 47.1. The van der Waals surface area contributed by atoms with Crippen LogP contribution in [0.15, 0.2) is 34.8 Å². The maximum Gasteiger partial charge on any atom is 0.266 e. The lowest BCUT2D eigenvalue weighted by molar-refractivity contribution is -0.146. The Labute approximate surface area is 215 Å². The third-order valence-electron chi connectivity index (χ3n) is 6.86. The van der Waals surface area contributed by atoms with Crippen LogP contribution in [0, 0.1) is 5.92 Å². The number of aromatic amines is 1. The molecule has 1 aliphatic carbocycles. The topological polar surface area (TPSA) is 125 Å². The highest BCUT2D eigenvalue weighted by Crippen LogP contribution is 2.37. The molecule has 0 spiro atoms. The van der Waals surface area contributed by atoms with Gasteiger partial charge in [0.15, 0.2) is 17.1 Å². The number of carbonyl (C=O) groups excluding carboxylic acids is 2. The predicted molar refractivity (Wildman–Crippen MR) is 140 cm³/mol. The molecule has 0 fully saturated rings. The molecule has 3 rings (SSSR count). The van der Waals surface area contributed by atoms with Gasteiger partial charge < -0.3 is 25.0 Å². The largest absolute Gasteiger partial charge is 0.505 e. The normalized spacial score (nSPS) is 18.7. The summed E-state index contributed by atoms with van der Waals surface area (Å²) in [5, 5.41) is 13.2. The van der Waals surface area contributed by atoms with Crippen molar-refractivity contribution in [1.29, 1.82) is 0 Å². The number of aromatic nitrogens is 2. The number of pyridine rings is 2. The van der Waals surface area contributed by atoms with E-state index in [1.165, 1.54) is 19.3 Å². The average molecular weight is 515 g/mol. The number of hydrogen-bond donors (Lipinski definition) is 3. The number of allylic oxidation sites excluding steroid dienone is 4. The SMILES string of the molecule is CCN(CC)C(=O)C(C)(CC)Oc1c(CC2=CC(C)C(F)C=C2)cnc2c(O)c(C(=O)NC)c(=O)[nH]c12. The van der Waals surface area contributed by atoms with Gasteiger partial charge in [-0.25, -0.2) is 4.39 Å². The van der Waals surface area contributed by atoms with Gasteiger partial charge in [0.1, 0.15) is 22.8 Å². The Balaban J connectivity index is 2.25. The number of hydrogen-bond acceptors (Lipinski definition) is 6. The van der Waals surface area contributed by atoms with Crippen LogP contribution in [-0.2, 0) is 11.2 Å². The fourth-order valence-corrected chi connectivity index (χ4v) is 4.36. The van der Waals surface area contributed by atoms with Gasteiger partial charge in [-0.15, -0.1) is 0 Å². The molecule has 200 valence electrons. The number of fused-ring (bicyclic) bond motifs is 1. The standard InChI is InChI=1S/C27H35FN4O5/c1-7-27(5,26(36)32(8-2)9-3)37-23-17(13-16-10-11-18(28)15(4)12-16)14-30-20-21(23)31-25(35)19(22(20)33)24(34)29-6/h10-12,14-15,18H,7-9,13H2,1-6H3,(H,29,34)(H2,31,33,35). The van der Waals surface area contributed by atoms with E-state index in [9.17, 15) is 23.9 Å². The first kappa shape index (κ1) is 27.9. The molecule has 10 heteroatoms. The van der Waals surface area contributed by atoms with Gasteiger partial charge >= 0.3 is 0 Å². The zero-order valence-electron chi connectivity index (χ0n) is 22.1. The van der Waals surface area contributed by atoms with Crippen LogP contribution in [-0.4, -0.2) is 63.7 Å². The third kappa shape index (κ3) is 5.38. The molecule has 0 aromatic carbocycles. The smallest absolute Gasteiger partial charge is 0.266 e. The van der Waals surface area contributed by atoms with Crippen molar-refractivity contribution in [1.82, 2.24) is 20.2 Å². The number of nitrogens with zero attached hydrogens (tertiary/aromatic N) is 2. The lowest BCUT2D eigenvalue weighted by Crippen LogP contribution is -2.50. The first-order valence-electron chi connectivity index (χ1n) is 12.5. The quantitative estimate of drug-likeness (QED) is 0.471. The molecule has 2 amide bonds. The van der Waals surface area contributed by atoms with Gasteiger partial charge in [0.2, 0.25) is 0 Å². The molecule has 2 heterocycles.